The lowest BCUT2D eigenvalue weighted by molar-refractivity contribution is 0.695. The Morgan fingerprint density at radius 3 is 2.76 bits per heavy atom. The first-order chi connectivity index (χ1) is 10.2. The van der Waals surface area contributed by atoms with Gasteiger partial charge in [0, 0.05) is 25.2 Å². The fourth-order valence-corrected chi connectivity index (χ4v) is 2.92. The molecule has 1 aromatic rings. The minimum Gasteiger partial charge on any atom is -0.362 e. The molecule has 21 heavy (non-hydrogen) atoms. The van der Waals surface area contributed by atoms with E-state index in [0.29, 0.717) is 6.04 Å². The van der Waals surface area contributed by atoms with Crippen LogP contribution in [-0.4, -0.2) is 37.0 Å². The number of hydrogen-bond donors (Lipinski definition) is 1. The monoisotopic (exact) mass is 298 g/mol. The van der Waals surface area contributed by atoms with Crippen molar-refractivity contribution in [1.29, 1.82) is 0 Å². The maximum Gasteiger partial charge on any atom is 0.185 e. The zero-order chi connectivity index (χ0) is 14.7. The highest BCUT2D eigenvalue weighted by molar-refractivity contribution is 7.16. The molecule has 1 aliphatic heterocycles. The third kappa shape index (κ3) is 3.31. The zero-order valence-electron chi connectivity index (χ0n) is 12.1. The topological polar surface area (TPSA) is 40.5 Å². The Labute approximate surface area is 128 Å². The van der Waals surface area contributed by atoms with Crippen molar-refractivity contribution in [2.75, 3.05) is 19.0 Å². The SMILES string of the molecule is CN(C)c1ncc(/C=C/C=C/C2=NC3C=CC=CC3N2)s1. The van der Waals surface area contributed by atoms with Crippen molar-refractivity contribution in [1.82, 2.24) is 10.3 Å². The van der Waals surface area contributed by atoms with E-state index in [2.05, 4.69) is 39.6 Å². The molecule has 3 rings (SSSR count). The number of hydrogen-bond acceptors (Lipinski definition) is 5. The van der Waals surface area contributed by atoms with Crippen LogP contribution in [0.5, 0.6) is 0 Å². The van der Waals surface area contributed by atoms with E-state index >= 15 is 0 Å². The van der Waals surface area contributed by atoms with Gasteiger partial charge in [-0.3, -0.25) is 4.99 Å². The van der Waals surface area contributed by atoms with E-state index in [9.17, 15) is 0 Å². The van der Waals surface area contributed by atoms with Crippen LogP contribution in [0.2, 0.25) is 0 Å². The van der Waals surface area contributed by atoms with E-state index in [-0.39, 0.29) is 6.04 Å². The molecule has 1 aliphatic carbocycles. The highest BCUT2D eigenvalue weighted by atomic mass is 32.1. The number of rotatable bonds is 4. The molecule has 2 atom stereocenters. The minimum absolute atomic E-state index is 0.239. The number of anilines is 1. The van der Waals surface area contributed by atoms with Crippen molar-refractivity contribution in [2.45, 2.75) is 12.1 Å². The average molecular weight is 298 g/mol. The van der Waals surface area contributed by atoms with Gasteiger partial charge in [0.1, 0.15) is 5.84 Å². The first-order valence-corrected chi connectivity index (χ1v) is 7.71. The van der Waals surface area contributed by atoms with Crippen molar-refractivity contribution in [3.63, 3.8) is 0 Å². The number of allylic oxidation sites excluding steroid dienone is 4. The molecule has 2 aliphatic rings. The molecule has 0 bridgehead atoms. The van der Waals surface area contributed by atoms with Gasteiger partial charge in [0.05, 0.1) is 12.1 Å². The Morgan fingerprint density at radius 2 is 2.00 bits per heavy atom. The third-order valence-corrected chi connectivity index (χ3v) is 4.36. The lowest BCUT2D eigenvalue weighted by Crippen LogP contribution is -2.32. The largest absolute Gasteiger partial charge is 0.362 e. The smallest absolute Gasteiger partial charge is 0.185 e. The van der Waals surface area contributed by atoms with Crippen molar-refractivity contribution >= 4 is 28.4 Å². The fourth-order valence-electron chi connectivity index (χ4n) is 2.17. The highest BCUT2D eigenvalue weighted by Crippen LogP contribution is 2.21. The van der Waals surface area contributed by atoms with Gasteiger partial charge >= 0.3 is 0 Å². The van der Waals surface area contributed by atoms with Gasteiger partial charge in [0.2, 0.25) is 0 Å². The summed E-state index contributed by atoms with van der Waals surface area (Å²) >= 11 is 1.67. The van der Waals surface area contributed by atoms with E-state index in [4.69, 9.17) is 0 Å². The van der Waals surface area contributed by atoms with Crippen LogP contribution in [0, 0.1) is 0 Å². The Balaban J connectivity index is 1.58. The summed E-state index contributed by atoms with van der Waals surface area (Å²) < 4.78 is 0. The van der Waals surface area contributed by atoms with E-state index in [1.165, 1.54) is 0 Å². The molecule has 5 heteroatoms. The molecule has 0 saturated heterocycles. The quantitative estimate of drug-likeness (QED) is 0.869. The van der Waals surface area contributed by atoms with Crippen molar-refractivity contribution in [2.24, 2.45) is 4.99 Å². The average Bonchev–Trinajstić information content (AvgIpc) is 3.10. The fraction of sp³-hybridized carbons (Fsp3) is 0.250. The van der Waals surface area contributed by atoms with Crippen molar-refractivity contribution < 1.29 is 0 Å². The van der Waals surface area contributed by atoms with Crippen LogP contribution < -0.4 is 10.2 Å². The van der Waals surface area contributed by atoms with Crippen LogP contribution in [0.1, 0.15) is 4.88 Å². The van der Waals surface area contributed by atoms with Gasteiger partial charge in [-0.2, -0.15) is 0 Å². The predicted octanol–water partition coefficient (Wildman–Crippen LogP) is 2.64. The third-order valence-electron chi connectivity index (χ3n) is 3.23. The predicted molar refractivity (Wildman–Crippen MR) is 91.0 cm³/mol. The van der Waals surface area contributed by atoms with E-state index in [1.54, 1.807) is 11.3 Å². The Morgan fingerprint density at radius 1 is 1.19 bits per heavy atom. The summed E-state index contributed by atoms with van der Waals surface area (Å²) in [6.07, 6.45) is 18.3. The maximum absolute atomic E-state index is 4.61. The second-order valence-electron chi connectivity index (χ2n) is 5.10. The molecular weight excluding hydrogens is 280 g/mol. The number of thiazole rings is 1. The molecule has 2 heterocycles. The molecule has 4 nitrogen and oxygen atoms in total. The first kappa shape index (κ1) is 13.8. The summed E-state index contributed by atoms with van der Waals surface area (Å²) in [7, 11) is 4.00. The van der Waals surface area contributed by atoms with Crippen molar-refractivity contribution in [3.05, 3.63) is 53.6 Å². The van der Waals surface area contributed by atoms with Gasteiger partial charge in [-0.25, -0.2) is 4.98 Å². The summed E-state index contributed by atoms with van der Waals surface area (Å²) in [5.74, 6) is 0.934. The maximum atomic E-state index is 4.61. The van der Waals surface area contributed by atoms with Gasteiger partial charge in [0.25, 0.3) is 0 Å². The molecule has 0 saturated carbocycles. The number of nitrogens with one attached hydrogen (secondary N) is 1. The van der Waals surface area contributed by atoms with E-state index in [1.807, 2.05) is 49.5 Å². The molecule has 1 aromatic heterocycles. The van der Waals surface area contributed by atoms with Gasteiger partial charge in [-0.05, 0) is 12.2 Å². The summed E-state index contributed by atoms with van der Waals surface area (Å²) in [4.78, 5) is 12.1. The zero-order valence-corrected chi connectivity index (χ0v) is 12.9. The number of aromatic nitrogens is 1. The van der Waals surface area contributed by atoms with Gasteiger partial charge in [0.15, 0.2) is 5.13 Å². The van der Waals surface area contributed by atoms with Gasteiger partial charge < -0.3 is 10.2 Å². The number of nitrogens with zero attached hydrogens (tertiary/aromatic N) is 3. The summed E-state index contributed by atoms with van der Waals surface area (Å²) in [6, 6.07) is 0.547. The van der Waals surface area contributed by atoms with E-state index in [0.717, 1.165) is 15.8 Å². The number of amidine groups is 1. The van der Waals surface area contributed by atoms with Crippen LogP contribution in [0.25, 0.3) is 6.08 Å². The minimum atomic E-state index is 0.239. The molecule has 0 radical (unpaired) electrons. The van der Waals surface area contributed by atoms with Crippen LogP contribution in [0.3, 0.4) is 0 Å². The normalized spacial score (nSPS) is 23.6. The van der Waals surface area contributed by atoms with Gasteiger partial charge in [-0.15, -0.1) is 0 Å². The molecule has 0 aromatic carbocycles. The molecule has 0 spiro atoms. The lowest BCUT2D eigenvalue weighted by atomic mass is 10.1. The van der Waals surface area contributed by atoms with Crippen LogP contribution in [0.4, 0.5) is 5.13 Å². The van der Waals surface area contributed by atoms with Crippen molar-refractivity contribution in [3.8, 4) is 0 Å². The van der Waals surface area contributed by atoms with Crippen LogP contribution in [-0.2, 0) is 0 Å². The summed E-state index contributed by atoms with van der Waals surface area (Å²) in [5, 5.41) is 4.40. The second kappa shape index (κ2) is 6.10. The Bertz CT molecular complexity index is 649. The number of aliphatic imine (C=N–C) groups is 1. The molecule has 0 fully saturated rings. The summed E-state index contributed by atoms with van der Waals surface area (Å²) in [6.45, 7) is 0. The van der Waals surface area contributed by atoms with Crippen LogP contribution >= 0.6 is 11.3 Å². The standard InChI is InChI=1S/C16H18N4S/c1-20(2)16-17-11-12(21-16)7-3-6-10-15-18-13-8-4-5-9-14(13)19-15/h3-11,13-14H,1-2H3,(H,18,19)/b7-3+,10-6+. The number of fused-ring (bicyclic) bond motifs is 1. The highest BCUT2D eigenvalue weighted by Gasteiger charge is 2.23. The molecule has 1 N–H and O–H groups in total. The Kier molecular flexibility index (Phi) is 4.01. The van der Waals surface area contributed by atoms with Crippen LogP contribution in [0.15, 0.2) is 53.7 Å². The lowest BCUT2D eigenvalue weighted by Gasteiger charge is -2.12. The first-order valence-electron chi connectivity index (χ1n) is 6.89. The molecule has 0 amide bonds. The molecular formula is C16H18N4S. The summed E-state index contributed by atoms with van der Waals surface area (Å²) in [5.41, 5.74) is 0. The Hall–Kier alpha value is -2.14. The molecule has 2 unspecified atom stereocenters. The van der Waals surface area contributed by atoms with Gasteiger partial charge in [-0.1, -0.05) is 47.8 Å². The molecule has 108 valence electrons. The second-order valence-corrected chi connectivity index (χ2v) is 6.14. The van der Waals surface area contributed by atoms with E-state index < -0.39 is 0 Å².